The van der Waals surface area contributed by atoms with E-state index in [1.807, 2.05) is 0 Å². The van der Waals surface area contributed by atoms with Gasteiger partial charge < -0.3 is 10.6 Å². The Hall–Kier alpha value is -1.06. The van der Waals surface area contributed by atoms with E-state index < -0.39 is 0 Å². The SMILES string of the molecule is CN1CCCc2cc(CN(C)C3CCCC3CN)ccc21. The summed E-state index contributed by atoms with van der Waals surface area (Å²) in [5.41, 5.74) is 10.3. The average Bonchev–Trinajstić information content (AvgIpc) is 2.96. The smallest absolute Gasteiger partial charge is 0.0396 e. The molecule has 1 fully saturated rings. The van der Waals surface area contributed by atoms with Crippen LogP contribution in [0.4, 0.5) is 5.69 Å². The van der Waals surface area contributed by atoms with Crippen LogP contribution in [0, 0.1) is 5.92 Å². The lowest BCUT2D eigenvalue weighted by Gasteiger charge is -2.31. The zero-order chi connectivity index (χ0) is 14.8. The molecule has 0 spiro atoms. The first-order valence-corrected chi connectivity index (χ1v) is 8.42. The zero-order valence-corrected chi connectivity index (χ0v) is 13.5. The van der Waals surface area contributed by atoms with Crippen molar-refractivity contribution in [2.75, 3.05) is 32.1 Å². The number of nitrogens with two attached hydrogens (primary N) is 1. The van der Waals surface area contributed by atoms with E-state index in [0.717, 1.165) is 13.1 Å². The molecule has 21 heavy (non-hydrogen) atoms. The van der Waals surface area contributed by atoms with Crippen LogP contribution in [0.3, 0.4) is 0 Å². The van der Waals surface area contributed by atoms with Crippen LogP contribution >= 0.6 is 0 Å². The lowest BCUT2D eigenvalue weighted by atomic mass is 9.98. The van der Waals surface area contributed by atoms with Crippen molar-refractivity contribution in [2.45, 2.75) is 44.7 Å². The molecule has 2 aliphatic rings. The second-order valence-corrected chi connectivity index (χ2v) is 6.90. The largest absolute Gasteiger partial charge is 0.374 e. The lowest BCUT2D eigenvalue weighted by molar-refractivity contribution is 0.193. The Labute approximate surface area is 129 Å². The Bertz CT molecular complexity index is 485. The van der Waals surface area contributed by atoms with Crippen LogP contribution < -0.4 is 10.6 Å². The first-order chi connectivity index (χ1) is 10.2. The summed E-state index contributed by atoms with van der Waals surface area (Å²) in [5, 5.41) is 0. The molecule has 3 heteroatoms. The molecule has 2 N–H and O–H groups in total. The highest BCUT2D eigenvalue weighted by Crippen LogP contribution is 2.31. The number of hydrogen-bond donors (Lipinski definition) is 1. The number of aryl methyl sites for hydroxylation is 1. The third kappa shape index (κ3) is 3.09. The normalized spacial score (nSPS) is 25.4. The van der Waals surface area contributed by atoms with Gasteiger partial charge in [-0.1, -0.05) is 18.6 Å². The van der Waals surface area contributed by atoms with Crippen LogP contribution in [0.1, 0.15) is 36.8 Å². The Morgan fingerprint density at radius 2 is 2.14 bits per heavy atom. The fourth-order valence-corrected chi connectivity index (χ4v) is 4.21. The summed E-state index contributed by atoms with van der Waals surface area (Å²) in [6.45, 7) is 3.08. The summed E-state index contributed by atoms with van der Waals surface area (Å²) in [5.74, 6) is 0.693. The third-order valence-electron chi connectivity index (χ3n) is 5.41. The summed E-state index contributed by atoms with van der Waals surface area (Å²) < 4.78 is 0. The molecule has 1 aliphatic heterocycles. The van der Waals surface area contributed by atoms with Gasteiger partial charge in [-0.3, -0.25) is 4.90 Å². The number of hydrogen-bond acceptors (Lipinski definition) is 3. The molecule has 0 amide bonds. The minimum atomic E-state index is 0.675. The molecule has 2 atom stereocenters. The van der Waals surface area contributed by atoms with Crippen LogP contribution in [0.2, 0.25) is 0 Å². The number of anilines is 1. The quantitative estimate of drug-likeness (QED) is 0.924. The van der Waals surface area contributed by atoms with Gasteiger partial charge >= 0.3 is 0 Å². The van der Waals surface area contributed by atoms with Crippen molar-refractivity contribution in [3.05, 3.63) is 29.3 Å². The monoisotopic (exact) mass is 287 g/mol. The summed E-state index contributed by atoms with van der Waals surface area (Å²) >= 11 is 0. The van der Waals surface area contributed by atoms with E-state index in [-0.39, 0.29) is 0 Å². The molecule has 1 aromatic carbocycles. The molecule has 1 aliphatic carbocycles. The molecule has 3 nitrogen and oxygen atoms in total. The molecule has 116 valence electrons. The molecule has 3 rings (SSSR count). The zero-order valence-electron chi connectivity index (χ0n) is 13.5. The second-order valence-electron chi connectivity index (χ2n) is 6.90. The molecule has 1 heterocycles. The fraction of sp³-hybridized carbons (Fsp3) is 0.667. The van der Waals surface area contributed by atoms with Crippen LogP contribution in [-0.2, 0) is 13.0 Å². The molecule has 0 aromatic heterocycles. The van der Waals surface area contributed by atoms with Crippen molar-refractivity contribution in [3.63, 3.8) is 0 Å². The Kier molecular flexibility index (Phi) is 4.51. The molecule has 1 aromatic rings. The number of rotatable bonds is 4. The minimum Gasteiger partial charge on any atom is -0.374 e. The predicted octanol–water partition coefficient (Wildman–Crippen LogP) is 2.63. The van der Waals surface area contributed by atoms with Crippen LogP contribution in [0.5, 0.6) is 0 Å². The van der Waals surface area contributed by atoms with Gasteiger partial charge in [0.05, 0.1) is 0 Å². The van der Waals surface area contributed by atoms with E-state index >= 15 is 0 Å². The van der Waals surface area contributed by atoms with Gasteiger partial charge in [-0.2, -0.15) is 0 Å². The van der Waals surface area contributed by atoms with E-state index in [4.69, 9.17) is 5.73 Å². The Morgan fingerprint density at radius 1 is 1.29 bits per heavy atom. The van der Waals surface area contributed by atoms with E-state index in [1.165, 1.54) is 55.5 Å². The minimum absolute atomic E-state index is 0.675. The van der Waals surface area contributed by atoms with Gasteiger partial charge in [-0.15, -0.1) is 0 Å². The van der Waals surface area contributed by atoms with Gasteiger partial charge in [0.15, 0.2) is 0 Å². The molecule has 0 bridgehead atoms. The van der Waals surface area contributed by atoms with Gasteiger partial charge in [-0.05, 0) is 62.4 Å². The van der Waals surface area contributed by atoms with E-state index in [2.05, 4.69) is 42.1 Å². The van der Waals surface area contributed by atoms with E-state index in [0.29, 0.717) is 12.0 Å². The van der Waals surface area contributed by atoms with Gasteiger partial charge in [0, 0.05) is 31.9 Å². The Balaban J connectivity index is 1.70. The highest BCUT2D eigenvalue weighted by Gasteiger charge is 2.29. The molecular weight excluding hydrogens is 258 g/mol. The maximum absolute atomic E-state index is 5.93. The third-order valence-corrected chi connectivity index (χ3v) is 5.41. The van der Waals surface area contributed by atoms with Crippen molar-refractivity contribution < 1.29 is 0 Å². The highest BCUT2D eigenvalue weighted by atomic mass is 15.1. The highest BCUT2D eigenvalue weighted by molar-refractivity contribution is 5.56. The molecular formula is C18H29N3. The van der Waals surface area contributed by atoms with Crippen LogP contribution in [-0.4, -0.2) is 38.1 Å². The van der Waals surface area contributed by atoms with Gasteiger partial charge in [0.2, 0.25) is 0 Å². The predicted molar refractivity (Wildman–Crippen MR) is 89.7 cm³/mol. The maximum Gasteiger partial charge on any atom is 0.0396 e. The first-order valence-electron chi connectivity index (χ1n) is 8.42. The maximum atomic E-state index is 5.93. The van der Waals surface area contributed by atoms with Crippen LogP contribution in [0.15, 0.2) is 18.2 Å². The van der Waals surface area contributed by atoms with Crippen molar-refractivity contribution in [1.29, 1.82) is 0 Å². The summed E-state index contributed by atoms with van der Waals surface area (Å²) in [7, 11) is 4.47. The molecule has 0 radical (unpaired) electrons. The standard InChI is InChI=1S/C18H29N3/c1-20-10-4-6-15-11-14(8-9-18(15)20)13-21(2)17-7-3-5-16(17)12-19/h8-9,11,16-17H,3-7,10,12-13,19H2,1-2H3. The van der Waals surface area contributed by atoms with Crippen LogP contribution in [0.25, 0.3) is 0 Å². The molecule has 0 saturated heterocycles. The average molecular weight is 287 g/mol. The summed E-state index contributed by atoms with van der Waals surface area (Å²) in [6, 6.07) is 7.72. The summed E-state index contributed by atoms with van der Waals surface area (Å²) in [6.07, 6.45) is 6.46. The number of fused-ring (bicyclic) bond motifs is 1. The Morgan fingerprint density at radius 3 is 2.95 bits per heavy atom. The lowest BCUT2D eigenvalue weighted by Crippen LogP contribution is -2.37. The van der Waals surface area contributed by atoms with Crippen molar-refractivity contribution >= 4 is 5.69 Å². The molecule has 2 unspecified atom stereocenters. The topological polar surface area (TPSA) is 32.5 Å². The summed E-state index contributed by atoms with van der Waals surface area (Å²) in [4.78, 5) is 4.91. The van der Waals surface area contributed by atoms with Crippen molar-refractivity contribution in [1.82, 2.24) is 4.90 Å². The van der Waals surface area contributed by atoms with Gasteiger partial charge in [0.25, 0.3) is 0 Å². The van der Waals surface area contributed by atoms with E-state index in [9.17, 15) is 0 Å². The van der Waals surface area contributed by atoms with Gasteiger partial charge in [0.1, 0.15) is 0 Å². The second kappa shape index (κ2) is 6.37. The van der Waals surface area contributed by atoms with Gasteiger partial charge in [-0.25, -0.2) is 0 Å². The molecule has 1 saturated carbocycles. The van der Waals surface area contributed by atoms with Crippen molar-refractivity contribution in [2.24, 2.45) is 11.7 Å². The first kappa shape index (κ1) is 14.9. The van der Waals surface area contributed by atoms with Crippen molar-refractivity contribution in [3.8, 4) is 0 Å². The number of nitrogens with zero attached hydrogens (tertiary/aromatic N) is 2. The van der Waals surface area contributed by atoms with E-state index in [1.54, 1.807) is 0 Å². The number of benzene rings is 1. The fourth-order valence-electron chi connectivity index (χ4n) is 4.21.